The average Bonchev–Trinajstić information content (AvgIpc) is 2.74. The van der Waals surface area contributed by atoms with Gasteiger partial charge in [-0.3, -0.25) is 0 Å². The van der Waals surface area contributed by atoms with Gasteiger partial charge in [0.25, 0.3) is 0 Å². The molecule has 150 valence electrons. The van der Waals surface area contributed by atoms with Crippen LogP contribution in [-0.2, 0) is 27.6 Å². The molecule has 28 heavy (non-hydrogen) atoms. The zero-order valence-corrected chi connectivity index (χ0v) is 17.0. The lowest BCUT2D eigenvalue weighted by Gasteiger charge is -2.28. The molecule has 0 bridgehead atoms. The van der Waals surface area contributed by atoms with Crippen molar-refractivity contribution in [1.29, 1.82) is 0 Å². The normalized spacial score (nSPS) is 19.1. The van der Waals surface area contributed by atoms with E-state index in [0.717, 1.165) is 57.7 Å². The Kier molecular flexibility index (Phi) is 6.11. The number of nitrogens with one attached hydrogen (secondary N) is 2. The van der Waals surface area contributed by atoms with E-state index in [-0.39, 0.29) is 6.04 Å². The first-order valence-corrected chi connectivity index (χ1v) is 11.7. The van der Waals surface area contributed by atoms with Gasteiger partial charge < -0.3 is 9.64 Å². The van der Waals surface area contributed by atoms with E-state index in [1.54, 1.807) is 6.07 Å². The molecule has 6 heteroatoms. The lowest BCUT2D eigenvalue weighted by Crippen LogP contribution is -3.14. The first kappa shape index (κ1) is 19.6. The highest BCUT2D eigenvalue weighted by atomic mass is 32.2. The summed E-state index contributed by atoms with van der Waals surface area (Å²) in [7, 11) is -3.59. The van der Waals surface area contributed by atoms with Crippen molar-refractivity contribution >= 4 is 10.0 Å². The fraction of sp³-hybridized carbons (Fsp3) is 0.455. The minimum absolute atomic E-state index is 0.254. The molecule has 0 aromatic heterocycles. The molecule has 2 aromatic rings. The predicted octanol–water partition coefficient (Wildman–Crippen LogP) is 1.50. The van der Waals surface area contributed by atoms with Gasteiger partial charge in [-0.1, -0.05) is 36.4 Å². The van der Waals surface area contributed by atoms with Crippen molar-refractivity contribution in [2.45, 2.75) is 36.6 Å². The van der Waals surface area contributed by atoms with Crippen LogP contribution in [0.5, 0.6) is 0 Å². The second-order valence-electron chi connectivity index (χ2n) is 7.79. The van der Waals surface area contributed by atoms with E-state index in [1.807, 2.05) is 42.5 Å². The third kappa shape index (κ3) is 4.63. The Morgan fingerprint density at radius 2 is 1.68 bits per heavy atom. The first-order chi connectivity index (χ1) is 13.6. The van der Waals surface area contributed by atoms with Crippen LogP contribution in [-0.4, -0.2) is 41.3 Å². The fourth-order valence-electron chi connectivity index (χ4n) is 4.20. The molecular formula is C22H29N2O3S+. The molecule has 1 fully saturated rings. The number of ether oxygens (including phenoxy) is 1. The molecule has 2 aromatic carbocycles. The Morgan fingerprint density at radius 3 is 2.43 bits per heavy atom. The van der Waals surface area contributed by atoms with Gasteiger partial charge in [0.05, 0.1) is 30.7 Å². The molecule has 0 amide bonds. The van der Waals surface area contributed by atoms with Crippen LogP contribution in [0.3, 0.4) is 0 Å². The number of rotatable bonds is 6. The van der Waals surface area contributed by atoms with Gasteiger partial charge in [-0.05, 0) is 54.5 Å². The molecule has 1 aliphatic carbocycles. The lowest BCUT2D eigenvalue weighted by atomic mass is 9.92. The lowest BCUT2D eigenvalue weighted by molar-refractivity contribution is -0.909. The van der Waals surface area contributed by atoms with Crippen molar-refractivity contribution in [1.82, 2.24) is 4.72 Å². The molecule has 1 saturated heterocycles. The maximum atomic E-state index is 13.2. The van der Waals surface area contributed by atoms with Gasteiger partial charge >= 0.3 is 0 Å². The van der Waals surface area contributed by atoms with Gasteiger partial charge in [0, 0.05) is 0 Å². The molecule has 2 N–H and O–H groups in total. The Balaban J connectivity index is 1.57. The van der Waals surface area contributed by atoms with Crippen LogP contribution in [0, 0.1) is 0 Å². The smallest absolute Gasteiger partial charge is 0.241 e. The molecule has 4 rings (SSSR count). The highest BCUT2D eigenvalue weighted by molar-refractivity contribution is 7.89. The molecule has 0 spiro atoms. The third-order valence-corrected chi connectivity index (χ3v) is 7.29. The van der Waals surface area contributed by atoms with Crippen LogP contribution >= 0.6 is 0 Å². The summed E-state index contributed by atoms with van der Waals surface area (Å²) >= 11 is 0. The van der Waals surface area contributed by atoms with Crippen LogP contribution in [0.1, 0.15) is 35.6 Å². The monoisotopic (exact) mass is 401 g/mol. The largest absolute Gasteiger partial charge is 0.370 e. The summed E-state index contributed by atoms with van der Waals surface area (Å²) in [6.45, 7) is 3.99. The van der Waals surface area contributed by atoms with Gasteiger partial charge in [0.2, 0.25) is 10.0 Å². The summed E-state index contributed by atoms with van der Waals surface area (Å²) < 4.78 is 34.8. The predicted molar refractivity (Wildman–Crippen MR) is 109 cm³/mol. The van der Waals surface area contributed by atoms with Crippen molar-refractivity contribution in [3.63, 3.8) is 0 Å². The number of morpholine rings is 1. The maximum Gasteiger partial charge on any atom is 0.241 e. The first-order valence-electron chi connectivity index (χ1n) is 10.2. The molecule has 1 heterocycles. The molecule has 5 nitrogen and oxygen atoms in total. The van der Waals surface area contributed by atoms with Crippen molar-refractivity contribution in [3.8, 4) is 0 Å². The Bertz CT molecular complexity index is 893. The number of aryl methyl sites for hydroxylation is 2. The summed E-state index contributed by atoms with van der Waals surface area (Å²) in [4.78, 5) is 1.75. The van der Waals surface area contributed by atoms with Gasteiger partial charge in [0.1, 0.15) is 13.1 Å². The van der Waals surface area contributed by atoms with Crippen LogP contribution in [0.15, 0.2) is 53.4 Å². The Morgan fingerprint density at radius 1 is 0.964 bits per heavy atom. The third-order valence-electron chi connectivity index (χ3n) is 5.82. The van der Waals surface area contributed by atoms with Crippen LogP contribution < -0.4 is 9.62 Å². The van der Waals surface area contributed by atoms with Crippen LogP contribution in [0.2, 0.25) is 0 Å². The zero-order chi connectivity index (χ0) is 19.4. The number of sulfonamides is 1. The fourth-order valence-corrected chi connectivity index (χ4v) is 5.47. The highest BCUT2D eigenvalue weighted by Gasteiger charge is 2.27. The number of fused-ring (bicyclic) bond motifs is 1. The summed E-state index contributed by atoms with van der Waals surface area (Å²) in [5, 5.41) is 0. The van der Waals surface area contributed by atoms with E-state index < -0.39 is 10.0 Å². The molecule has 0 radical (unpaired) electrons. The highest BCUT2D eigenvalue weighted by Crippen LogP contribution is 2.25. The SMILES string of the molecule is O=S(=O)(N[C@@H](C[NH+]1CCOCC1)c1ccccc1)c1ccc2c(c1)CCCC2. The maximum absolute atomic E-state index is 13.2. The topological polar surface area (TPSA) is 59.8 Å². The van der Waals surface area contributed by atoms with Crippen LogP contribution in [0.25, 0.3) is 0 Å². The molecular weight excluding hydrogens is 372 g/mol. The second kappa shape index (κ2) is 8.74. The molecule has 2 aliphatic rings. The summed E-state index contributed by atoms with van der Waals surface area (Å²) in [6.07, 6.45) is 4.35. The van der Waals surface area contributed by atoms with E-state index >= 15 is 0 Å². The van der Waals surface area contributed by atoms with Gasteiger partial charge in [0.15, 0.2) is 0 Å². The Hall–Kier alpha value is -1.73. The van der Waals surface area contributed by atoms with Crippen LogP contribution in [0.4, 0.5) is 0 Å². The summed E-state index contributed by atoms with van der Waals surface area (Å²) in [6, 6.07) is 15.3. The van der Waals surface area contributed by atoms with E-state index in [0.29, 0.717) is 4.90 Å². The van der Waals surface area contributed by atoms with E-state index in [4.69, 9.17) is 4.74 Å². The van der Waals surface area contributed by atoms with Crippen molar-refractivity contribution in [2.24, 2.45) is 0 Å². The number of hydrogen-bond donors (Lipinski definition) is 2. The summed E-state index contributed by atoms with van der Waals surface area (Å²) in [5.41, 5.74) is 3.48. The van der Waals surface area contributed by atoms with Gasteiger partial charge in [-0.15, -0.1) is 0 Å². The molecule has 1 atom stereocenters. The quantitative estimate of drug-likeness (QED) is 0.771. The van der Waals surface area contributed by atoms with E-state index in [1.165, 1.54) is 22.4 Å². The average molecular weight is 402 g/mol. The van der Waals surface area contributed by atoms with Crippen molar-refractivity contribution in [3.05, 3.63) is 65.2 Å². The number of quaternary nitrogens is 1. The minimum Gasteiger partial charge on any atom is -0.370 e. The Labute approximate surface area is 167 Å². The zero-order valence-electron chi connectivity index (χ0n) is 16.2. The molecule has 0 saturated carbocycles. The van der Waals surface area contributed by atoms with Gasteiger partial charge in [-0.2, -0.15) is 4.72 Å². The van der Waals surface area contributed by atoms with Crippen molar-refractivity contribution < 1.29 is 18.1 Å². The van der Waals surface area contributed by atoms with E-state index in [2.05, 4.69) is 4.72 Å². The molecule has 1 aliphatic heterocycles. The molecule has 0 unspecified atom stereocenters. The standard InChI is InChI=1S/C22H28N2O3S/c25-28(26,21-11-10-18-6-4-5-9-20(18)16-21)23-22(19-7-2-1-3-8-19)17-24-12-14-27-15-13-24/h1-3,7-8,10-11,16,22-23H,4-6,9,12-15,17H2/p+1/t22-/m0/s1. The van der Waals surface area contributed by atoms with Crippen molar-refractivity contribution in [2.75, 3.05) is 32.8 Å². The second-order valence-corrected chi connectivity index (χ2v) is 9.50. The van der Waals surface area contributed by atoms with E-state index in [9.17, 15) is 8.42 Å². The summed E-state index contributed by atoms with van der Waals surface area (Å²) in [5.74, 6) is 0. The minimum atomic E-state index is -3.59. The van der Waals surface area contributed by atoms with Gasteiger partial charge in [-0.25, -0.2) is 8.42 Å². The number of benzene rings is 2. The number of hydrogen-bond acceptors (Lipinski definition) is 3.